The summed E-state index contributed by atoms with van der Waals surface area (Å²) in [6.07, 6.45) is 13.5. The summed E-state index contributed by atoms with van der Waals surface area (Å²) in [7, 11) is 0. The molecule has 0 atom stereocenters. The number of rotatable bonds is 21. The molecule has 2 aromatic heterocycles. The largest absolute Gasteiger partial charge is 0.381 e. The predicted molar refractivity (Wildman–Crippen MR) is 183 cm³/mol. The SMILES string of the molecule is CCCCOCC1(COCCCC)Cc2csc(-c3sc(I)c4c3CC(COCCCC)(COCCCC)C4)c2C1. The van der Waals surface area contributed by atoms with Gasteiger partial charge in [-0.1, -0.05) is 53.4 Å². The van der Waals surface area contributed by atoms with Crippen LogP contribution in [0.3, 0.4) is 0 Å². The lowest BCUT2D eigenvalue weighted by molar-refractivity contribution is -0.0189. The Morgan fingerprint density at radius 3 is 1.54 bits per heavy atom. The summed E-state index contributed by atoms with van der Waals surface area (Å²) in [5.41, 5.74) is 6.32. The molecule has 0 saturated carbocycles. The summed E-state index contributed by atoms with van der Waals surface area (Å²) in [6.45, 7) is 15.5. The highest BCUT2D eigenvalue weighted by Gasteiger charge is 2.44. The van der Waals surface area contributed by atoms with E-state index in [0.717, 1.165) is 104 Å². The minimum atomic E-state index is 0.0548. The first-order valence-electron chi connectivity index (χ1n) is 16.2. The predicted octanol–water partition coefficient (Wildman–Crippen LogP) is 9.52. The summed E-state index contributed by atoms with van der Waals surface area (Å²) in [5.74, 6) is 0. The second-order valence-electron chi connectivity index (χ2n) is 12.6. The fraction of sp³-hybridized carbons (Fsp3) is 0.765. The summed E-state index contributed by atoms with van der Waals surface area (Å²) in [6, 6.07) is 0. The molecule has 0 radical (unpaired) electrons. The summed E-state index contributed by atoms with van der Waals surface area (Å²) in [4.78, 5) is 3.01. The van der Waals surface area contributed by atoms with Crippen molar-refractivity contribution in [3.63, 3.8) is 0 Å². The van der Waals surface area contributed by atoms with Crippen molar-refractivity contribution in [1.29, 1.82) is 0 Å². The number of thiophene rings is 2. The van der Waals surface area contributed by atoms with Gasteiger partial charge in [0.2, 0.25) is 0 Å². The van der Waals surface area contributed by atoms with E-state index in [9.17, 15) is 0 Å². The van der Waals surface area contributed by atoms with Gasteiger partial charge in [-0.25, -0.2) is 0 Å². The van der Waals surface area contributed by atoms with Gasteiger partial charge in [0.05, 0.1) is 29.3 Å². The molecule has 41 heavy (non-hydrogen) atoms. The Balaban J connectivity index is 1.54. The molecule has 0 N–H and O–H groups in total. The van der Waals surface area contributed by atoms with Crippen LogP contribution in [0.1, 0.15) is 101 Å². The number of hydrogen-bond acceptors (Lipinski definition) is 6. The topological polar surface area (TPSA) is 36.9 Å². The van der Waals surface area contributed by atoms with Crippen molar-refractivity contribution in [2.45, 2.75) is 105 Å². The molecule has 2 aromatic rings. The fourth-order valence-electron chi connectivity index (χ4n) is 6.25. The minimum absolute atomic E-state index is 0.0548. The zero-order valence-electron chi connectivity index (χ0n) is 26.0. The maximum absolute atomic E-state index is 6.30. The number of halogens is 1. The van der Waals surface area contributed by atoms with Gasteiger partial charge in [0, 0.05) is 47.0 Å². The van der Waals surface area contributed by atoms with Crippen LogP contribution in [0.4, 0.5) is 0 Å². The Morgan fingerprint density at radius 2 is 1.05 bits per heavy atom. The van der Waals surface area contributed by atoms with Crippen molar-refractivity contribution < 1.29 is 18.9 Å². The molecule has 0 saturated heterocycles. The van der Waals surface area contributed by atoms with Crippen LogP contribution < -0.4 is 0 Å². The van der Waals surface area contributed by atoms with Crippen molar-refractivity contribution in [2.75, 3.05) is 52.9 Å². The van der Waals surface area contributed by atoms with E-state index in [1.807, 2.05) is 22.7 Å². The van der Waals surface area contributed by atoms with Gasteiger partial charge in [0.25, 0.3) is 0 Å². The molecule has 7 heteroatoms. The first-order valence-corrected chi connectivity index (χ1v) is 19.0. The van der Waals surface area contributed by atoms with Gasteiger partial charge >= 0.3 is 0 Å². The molecule has 232 valence electrons. The van der Waals surface area contributed by atoms with Crippen LogP contribution in [0.2, 0.25) is 0 Å². The lowest BCUT2D eigenvalue weighted by Gasteiger charge is -2.29. The number of ether oxygens (including phenoxy) is 4. The van der Waals surface area contributed by atoms with E-state index in [1.165, 1.54) is 43.9 Å². The number of hydrogen-bond donors (Lipinski definition) is 0. The van der Waals surface area contributed by atoms with Crippen LogP contribution in [-0.4, -0.2) is 52.9 Å². The maximum Gasteiger partial charge on any atom is 0.0695 e. The zero-order valence-corrected chi connectivity index (χ0v) is 29.8. The van der Waals surface area contributed by atoms with Crippen LogP contribution in [0.25, 0.3) is 9.75 Å². The van der Waals surface area contributed by atoms with Crippen LogP contribution in [0, 0.1) is 13.7 Å². The van der Waals surface area contributed by atoms with Crippen molar-refractivity contribution >= 4 is 45.3 Å². The smallest absolute Gasteiger partial charge is 0.0695 e. The van der Waals surface area contributed by atoms with Gasteiger partial charge in [-0.2, -0.15) is 0 Å². The van der Waals surface area contributed by atoms with E-state index in [4.69, 9.17) is 18.9 Å². The maximum atomic E-state index is 6.30. The van der Waals surface area contributed by atoms with Crippen LogP contribution in [-0.2, 0) is 44.6 Å². The first kappa shape index (κ1) is 33.9. The Kier molecular flexibility index (Phi) is 13.9. The summed E-state index contributed by atoms with van der Waals surface area (Å²) < 4.78 is 26.6. The molecule has 4 rings (SSSR count). The van der Waals surface area contributed by atoms with E-state index in [2.05, 4.69) is 55.7 Å². The zero-order chi connectivity index (χ0) is 29.1. The molecule has 0 bridgehead atoms. The molecule has 0 spiro atoms. The molecule has 4 nitrogen and oxygen atoms in total. The normalized spacial score (nSPS) is 16.9. The molecule has 0 unspecified atom stereocenters. The van der Waals surface area contributed by atoms with Crippen molar-refractivity contribution in [1.82, 2.24) is 0 Å². The van der Waals surface area contributed by atoms with Gasteiger partial charge in [-0.15, -0.1) is 22.7 Å². The monoisotopic (exact) mass is 716 g/mol. The van der Waals surface area contributed by atoms with E-state index >= 15 is 0 Å². The Hall–Kier alpha value is -0.0300. The van der Waals surface area contributed by atoms with E-state index in [1.54, 1.807) is 16.7 Å². The highest BCUT2D eigenvalue weighted by molar-refractivity contribution is 14.1. The third-order valence-corrected chi connectivity index (χ3v) is 12.3. The minimum Gasteiger partial charge on any atom is -0.381 e. The Labute approximate surface area is 271 Å². The van der Waals surface area contributed by atoms with Gasteiger partial charge in [-0.05, 0) is 102 Å². The molecule has 0 aromatic carbocycles. The average Bonchev–Trinajstić information content (AvgIpc) is 3.70. The number of fused-ring (bicyclic) bond motifs is 2. The molecule has 2 heterocycles. The van der Waals surface area contributed by atoms with Crippen LogP contribution in [0.5, 0.6) is 0 Å². The quantitative estimate of drug-likeness (QED) is 0.0953. The lowest BCUT2D eigenvalue weighted by Crippen LogP contribution is -2.34. The first-order chi connectivity index (χ1) is 20.0. The summed E-state index contributed by atoms with van der Waals surface area (Å²) >= 11 is 6.57. The number of unbranched alkanes of at least 4 members (excludes halogenated alkanes) is 4. The van der Waals surface area contributed by atoms with E-state index in [0.29, 0.717) is 0 Å². The van der Waals surface area contributed by atoms with Crippen LogP contribution >= 0.6 is 45.3 Å². The van der Waals surface area contributed by atoms with Gasteiger partial charge in [0.15, 0.2) is 0 Å². The Bertz CT molecular complexity index is 1040. The molecule has 0 amide bonds. The molecule has 0 fully saturated rings. The fourth-order valence-corrected chi connectivity index (χ4v) is 9.79. The van der Waals surface area contributed by atoms with Gasteiger partial charge in [0.1, 0.15) is 0 Å². The molecular weight excluding hydrogens is 663 g/mol. The second kappa shape index (κ2) is 16.9. The van der Waals surface area contributed by atoms with Crippen molar-refractivity contribution in [2.24, 2.45) is 10.8 Å². The third-order valence-electron chi connectivity index (χ3n) is 8.68. The molecule has 0 aliphatic heterocycles. The molecule has 2 aliphatic carbocycles. The highest BCUT2D eigenvalue weighted by Crippen LogP contribution is 2.53. The summed E-state index contributed by atoms with van der Waals surface area (Å²) in [5, 5.41) is 2.44. The van der Waals surface area contributed by atoms with Crippen molar-refractivity contribution in [3.8, 4) is 9.75 Å². The lowest BCUT2D eigenvalue weighted by atomic mass is 9.86. The van der Waals surface area contributed by atoms with Crippen molar-refractivity contribution in [3.05, 3.63) is 30.5 Å². The highest BCUT2D eigenvalue weighted by atomic mass is 127. The van der Waals surface area contributed by atoms with Crippen LogP contribution in [0.15, 0.2) is 5.38 Å². The molecule has 2 aliphatic rings. The second-order valence-corrected chi connectivity index (χ2v) is 16.3. The third kappa shape index (κ3) is 8.79. The van der Waals surface area contributed by atoms with Gasteiger partial charge in [-0.3, -0.25) is 0 Å². The van der Waals surface area contributed by atoms with E-state index in [-0.39, 0.29) is 10.8 Å². The van der Waals surface area contributed by atoms with Gasteiger partial charge < -0.3 is 18.9 Å². The Morgan fingerprint density at radius 1 is 0.610 bits per heavy atom. The standard InChI is InChI=1S/C34H53IO4S2/c1-5-9-13-36-22-33(23-37-14-10-6-2)17-26-21-40-30(27(26)18-33)31-28-19-34(24-38-15-11-7-3,25-39-16-12-8-4)20-29(28)32(35)41-31/h21H,5-20,22-25H2,1-4H3. The molecular formula is C34H53IO4S2. The average molecular weight is 717 g/mol. The van der Waals surface area contributed by atoms with E-state index < -0.39 is 0 Å².